The lowest BCUT2D eigenvalue weighted by molar-refractivity contribution is -0.138. The van der Waals surface area contributed by atoms with Crippen LogP contribution in [-0.2, 0) is 25.7 Å². The minimum absolute atomic E-state index is 0.0960. The third kappa shape index (κ3) is 6.83. The molecule has 182 valence electrons. The SMILES string of the molecule is N#Cc1ccc(Cn2cncc2CCCN(Cc2ccccc2C(F)(F)F)C(=S)NC2CC2)cc1. The highest BCUT2D eigenvalue weighted by atomic mass is 32.1. The number of nitrogens with zero attached hydrogens (tertiary/aromatic N) is 4. The number of nitrogens with one attached hydrogen (secondary N) is 1. The number of hydrogen-bond acceptors (Lipinski definition) is 3. The number of thiocarbonyl (C=S) groups is 1. The van der Waals surface area contributed by atoms with Gasteiger partial charge in [0.25, 0.3) is 0 Å². The molecule has 0 saturated heterocycles. The zero-order chi connectivity index (χ0) is 24.8. The molecule has 0 bridgehead atoms. The lowest BCUT2D eigenvalue weighted by Crippen LogP contribution is -2.41. The van der Waals surface area contributed by atoms with E-state index in [1.165, 1.54) is 12.1 Å². The Morgan fingerprint density at radius 3 is 2.60 bits per heavy atom. The van der Waals surface area contributed by atoms with Gasteiger partial charge in [-0.15, -0.1) is 0 Å². The molecule has 1 heterocycles. The molecule has 35 heavy (non-hydrogen) atoms. The van der Waals surface area contributed by atoms with E-state index in [1.807, 2.05) is 27.8 Å². The molecule has 1 N–H and O–H groups in total. The normalized spacial score (nSPS) is 13.3. The van der Waals surface area contributed by atoms with Gasteiger partial charge in [0.05, 0.1) is 23.5 Å². The lowest BCUT2D eigenvalue weighted by atomic mass is 10.1. The van der Waals surface area contributed by atoms with E-state index in [-0.39, 0.29) is 12.1 Å². The predicted octanol–water partition coefficient (Wildman–Crippen LogP) is 5.29. The van der Waals surface area contributed by atoms with Crippen LogP contribution < -0.4 is 5.32 Å². The zero-order valence-electron chi connectivity index (χ0n) is 19.1. The second-order valence-corrected chi connectivity index (χ2v) is 9.11. The first kappa shape index (κ1) is 24.7. The number of aryl methyl sites for hydroxylation is 1. The summed E-state index contributed by atoms with van der Waals surface area (Å²) in [5.41, 5.74) is 2.29. The Morgan fingerprint density at radius 1 is 1.17 bits per heavy atom. The van der Waals surface area contributed by atoms with Crippen molar-refractivity contribution >= 4 is 17.3 Å². The molecule has 5 nitrogen and oxygen atoms in total. The minimum atomic E-state index is -4.41. The van der Waals surface area contributed by atoms with Crippen LogP contribution in [-0.4, -0.2) is 32.2 Å². The number of aromatic nitrogens is 2. The Bertz CT molecular complexity index is 1190. The first-order valence-electron chi connectivity index (χ1n) is 11.5. The summed E-state index contributed by atoms with van der Waals surface area (Å²) >= 11 is 5.57. The fourth-order valence-corrected chi connectivity index (χ4v) is 4.24. The summed E-state index contributed by atoms with van der Waals surface area (Å²) < 4.78 is 42.6. The largest absolute Gasteiger partial charge is 0.416 e. The van der Waals surface area contributed by atoms with Crippen LogP contribution in [0.2, 0.25) is 0 Å². The number of benzene rings is 2. The first-order valence-corrected chi connectivity index (χ1v) is 11.9. The fourth-order valence-electron chi connectivity index (χ4n) is 3.92. The molecule has 9 heteroatoms. The smallest absolute Gasteiger partial charge is 0.360 e. The van der Waals surface area contributed by atoms with E-state index >= 15 is 0 Å². The molecule has 0 unspecified atom stereocenters. The summed E-state index contributed by atoms with van der Waals surface area (Å²) in [7, 11) is 0. The number of imidazole rings is 1. The van der Waals surface area contributed by atoms with E-state index in [0.29, 0.717) is 42.6 Å². The van der Waals surface area contributed by atoms with Crippen LogP contribution >= 0.6 is 12.2 Å². The van der Waals surface area contributed by atoms with E-state index in [9.17, 15) is 13.2 Å². The van der Waals surface area contributed by atoms with Gasteiger partial charge in [0.15, 0.2) is 5.11 Å². The Labute approximate surface area is 208 Å². The molecule has 0 radical (unpaired) electrons. The molecule has 0 amide bonds. The van der Waals surface area contributed by atoms with Crippen molar-refractivity contribution in [1.82, 2.24) is 19.8 Å². The third-order valence-electron chi connectivity index (χ3n) is 5.97. The minimum Gasteiger partial charge on any atom is -0.360 e. The van der Waals surface area contributed by atoms with Crippen LogP contribution in [0.5, 0.6) is 0 Å². The summed E-state index contributed by atoms with van der Waals surface area (Å²) in [6.45, 7) is 1.25. The summed E-state index contributed by atoms with van der Waals surface area (Å²) in [4.78, 5) is 6.11. The molecule has 4 rings (SSSR count). The van der Waals surface area contributed by atoms with Crippen LogP contribution in [0.1, 0.15) is 47.2 Å². The van der Waals surface area contributed by atoms with E-state index < -0.39 is 11.7 Å². The van der Waals surface area contributed by atoms with Gasteiger partial charge in [-0.3, -0.25) is 0 Å². The van der Waals surface area contributed by atoms with Crippen LogP contribution in [0, 0.1) is 11.3 Å². The van der Waals surface area contributed by atoms with Gasteiger partial charge in [-0.2, -0.15) is 18.4 Å². The van der Waals surface area contributed by atoms with Crippen molar-refractivity contribution in [3.8, 4) is 6.07 Å². The van der Waals surface area contributed by atoms with Crippen molar-refractivity contribution in [2.24, 2.45) is 0 Å². The second kappa shape index (κ2) is 10.9. The average molecular weight is 498 g/mol. The van der Waals surface area contributed by atoms with Gasteiger partial charge >= 0.3 is 6.18 Å². The molecule has 1 aromatic heterocycles. The average Bonchev–Trinajstić information content (AvgIpc) is 3.55. The molecule has 0 aliphatic heterocycles. The number of nitriles is 1. The molecule has 0 atom stereocenters. The monoisotopic (exact) mass is 497 g/mol. The van der Waals surface area contributed by atoms with E-state index in [2.05, 4.69) is 16.4 Å². The molecule has 1 aliphatic rings. The van der Waals surface area contributed by atoms with Crippen molar-refractivity contribution < 1.29 is 13.2 Å². The highest BCUT2D eigenvalue weighted by Gasteiger charge is 2.33. The van der Waals surface area contributed by atoms with Crippen LogP contribution in [0.4, 0.5) is 13.2 Å². The first-order chi connectivity index (χ1) is 16.8. The van der Waals surface area contributed by atoms with Crippen molar-refractivity contribution in [3.63, 3.8) is 0 Å². The van der Waals surface area contributed by atoms with Crippen molar-refractivity contribution in [1.29, 1.82) is 5.26 Å². The number of hydrogen-bond donors (Lipinski definition) is 1. The van der Waals surface area contributed by atoms with Gasteiger partial charge in [0.2, 0.25) is 0 Å². The third-order valence-corrected chi connectivity index (χ3v) is 6.35. The summed E-state index contributed by atoms with van der Waals surface area (Å²) in [5.74, 6) is 0. The molecular formula is C26H26F3N5S. The van der Waals surface area contributed by atoms with E-state index in [4.69, 9.17) is 17.5 Å². The van der Waals surface area contributed by atoms with Gasteiger partial charge in [-0.1, -0.05) is 30.3 Å². The van der Waals surface area contributed by atoms with Crippen LogP contribution in [0.15, 0.2) is 61.1 Å². The molecule has 1 fully saturated rings. The van der Waals surface area contributed by atoms with Gasteiger partial charge in [0.1, 0.15) is 0 Å². The molecular weight excluding hydrogens is 471 g/mol. The standard InChI is InChI=1S/C26H26F3N5S/c27-26(28,29)24-6-2-1-4-21(24)17-33(25(35)32-22-11-12-22)13-3-5-23-15-31-18-34(23)16-20-9-7-19(14-30)8-10-20/h1-2,4,6-10,15,18,22H,3,5,11-13,16-17H2,(H,32,35). The Morgan fingerprint density at radius 2 is 1.91 bits per heavy atom. The number of rotatable bonds is 9. The van der Waals surface area contributed by atoms with Crippen molar-refractivity contribution in [3.05, 3.63) is 89.0 Å². The Kier molecular flexibility index (Phi) is 7.71. The maximum Gasteiger partial charge on any atom is 0.416 e. The van der Waals surface area contributed by atoms with Crippen molar-refractivity contribution in [2.45, 2.75) is 51.0 Å². The highest BCUT2D eigenvalue weighted by molar-refractivity contribution is 7.80. The zero-order valence-corrected chi connectivity index (χ0v) is 19.9. The maximum atomic E-state index is 13.5. The fraction of sp³-hybridized carbons (Fsp3) is 0.346. The van der Waals surface area contributed by atoms with Gasteiger partial charge < -0.3 is 14.8 Å². The summed E-state index contributed by atoms with van der Waals surface area (Å²) in [5, 5.41) is 12.7. The maximum absolute atomic E-state index is 13.5. The van der Waals surface area contributed by atoms with Gasteiger partial charge in [0, 0.05) is 37.6 Å². The summed E-state index contributed by atoms with van der Waals surface area (Å²) in [6.07, 6.45) is 2.65. The molecule has 3 aromatic rings. The van der Waals surface area contributed by atoms with Gasteiger partial charge in [-0.25, -0.2) is 4.98 Å². The highest BCUT2D eigenvalue weighted by Crippen LogP contribution is 2.32. The van der Waals surface area contributed by atoms with Crippen molar-refractivity contribution in [2.75, 3.05) is 6.54 Å². The molecule has 0 spiro atoms. The van der Waals surface area contributed by atoms with E-state index in [1.54, 1.807) is 24.5 Å². The van der Waals surface area contributed by atoms with Crippen LogP contribution in [0.25, 0.3) is 0 Å². The molecule has 1 saturated carbocycles. The summed E-state index contributed by atoms with van der Waals surface area (Å²) in [6, 6.07) is 15.5. The van der Waals surface area contributed by atoms with E-state index in [0.717, 1.165) is 30.2 Å². The molecule has 2 aromatic carbocycles. The van der Waals surface area contributed by atoms with Gasteiger partial charge in [-0.05, 0) is 67.2 Å². The molecule has 1 aliphatic carbocycles. The van der Waals surface area contributed by atoms with Crippen LogP contribution in [0.3, 0.4) is 0 Å². The number of alkyl halides is 3. The quantitative estimate of drug-likeness (QED) is 0.407. The number of halogens is 3. The Balaban J connectivity index is 1.41. The second-order valence-electron chi connectivity index (χ2n) is 8.73. The lowest BCUT2D eigenvalue weighted by Gasteiger charge is -2.27. The Hall–Kier alpha value is -3.38. The topological polar surface area (TPSA) is 56.9 Å². The predicted molar refractivity (Wildman–Crippen MR) is 131 cm³/mol.